The first-order valence-electron chi connectivity index (χ1n) is 8.85. The van der Waals surface area contributed by atoms with E-state index in [1.54, 1.807) is 0 Å². The quantitative estimate of drug-likeness (QED) is 0.852. The Kier molecular flexibility index (Phi) is 5.77. The second-order valence-electron chi connectivity index (χ2n) is 7.07. The van der Waals surface area contributed by atoms with Gasteiger partial charge in [-0.1, -0.05) is 29.8 Å². The fourth-order valence-corrected chi connectivity index (χ4v) is 3.68. The maximum atomic E-state index is 12.7. The van der Waals surface area contributed by atoms with Gasteiger partial charge in [-0.2, -0.15) is 0 Å². The zero-order chi connectivity index (χ0) is 17.8. The van der Waals surface area contributed by atoms with Crippen LogP contribution in [-0.4, -0.2) is 23.9 Å². The third-order valence-electron chi connectivity index (χ3n) is 4.68. The number of anilines is 1. The van der Waals surface area contributed by atoms with Gasteiger partial charge in [-0.05, 0) is 74.2 Å². The van der Waals surface area contributed by atoms with Crippen LogP contribution in [0.25, 0.3) is 0 Å². The van der Waals surface area contributed by atoms with E-state index in [0.717, 1.165) is 43.2 Å². The molecule has 1 heterocycles. The van der Waals surface area contributed by atoms with Crippen molar-refractivity contribution in [2.24, 2.45) is 5.92 Å². The van der Waals surface area contributed by atoms with Crippen LogP contribution in [0, 0.1) is 19.8 Å². The number of nitrogens with zero attached hydrogens (tertiary/aromatic N) is 1. The molecular formula is C21H25ClN2O. The lowest BCUT2D eigenvalue weighted by molar-refractivity contribution is -0.121. The van der Waals surface area contributed by atoms with E-state index in [-0.39, 0.29) is 11.8 Å². The van der Waals surface area contributed by atoms with Crippen molar-refractivity contribution in [3.63, 3.8) is 0 Å². The largest absolute Gasteiger partial charge is 0.326 e. The van der Waals surface area contributed by atoms with Gasteiger partial charge in [0.05, 0.1) is 5.92 Å². The molecule has 2 aromatic carbocycles. The van der Waals surface area contributed by atoms with Crippen molar-refractivity contribution in [2.45, 2.75) is 33.2 Å². The highest BCUT2D eigenvalue weighted by molar-refractivity contribution is 6.30. The lowest BCUT2D eigenvalue weighted by Crippen LogP contribution is -2.40. The molecule has 1 aliphatic heterocycles. The summed E-state index contributed by atoms with van der Waals surface area (Å²) in [6.07, 6.45) is 2.01. The van der Waals surface area contributed by atoms with Crippen molar-refractivity contribution in [1.29, 1.82) is 0 Å². The fourth-order valence-electron chi connectivity index (χ4n) is 3.55. The lowest BCUT2D eigenvalue weighted by Gasteiger charge is -2.32. The Hall–Kier alpha value is -1.84. The summed E-state index contributed by atoms with van der Waals surface area (Å²) in [6.45, 7) is 6.81. The van der Waals surface area contributed by atoms with Gasteiger partial charge in [-0.3, -0.25) is 9.69 Å². The molecule has 2 aromatic rings. The molecule has 25 heavy (non-hydrogen) atoms. The topological polar surface area (TPSA) is 32.3 Å². The van der Waals surface area contributed by atoms with Crippen LogP contribution in [0.5, 0.6) is 0 Å². The van der Waals surface area contributed by atoms with Crippen molar-refractivity contribution in [1.82, 2.24) is 4.90 Å². The second kappa shape index (κ2) is 8.03. The second-order valence-corrected chi connectivity index (χ2v) is 7.50. The Morgan fingerprint density at radius 2 is 1.84 bits per heavy atom. The lowest BCUT2D eigenvalue weighted by atomic mass is 9.96. The van der Waals surface area contributed by atoms with Gasteiger partial charge in [-0.15, -0.1) is 0 Å². The minimum atomic E-state index is 0.0434. The Morgan fingerprint density at radius 1 is 1.16 bits per heavy atom. The zero-order valence-corrected chi connectivity index (χ0v) is 15.6. The molecule has 0 bridgehead atoms. The van der Waals surface area contributed by atoms with Gasteiger partial charge < -0.3 is 5.32 Å². The van der Waals surface area contributed by atoms with Gasteiger partial charge in [0.15, 0.2) is 0 Å². The van der Waals surface area contributed by atoms with Crippen LogP contribution in [0.4, 0.5) is 5.69 Å². The van der Waals surface area contributed by atoms with E-state index in [9.17, 15) is 4.79 Å². The summed E-state index contributed by atoms with van der Waals surface area (Å²) in [5, 5.41) is 3.86. The summed E-state index contributed by atoms with van der Waals surface area (Å²) in [7, 11) is 0. The van der Waals surface area contributed by atoms with Crippen LogP contribution in [0.1, 0.15) is 29.5 Å². The molecule has 1 atom stereocenters. The van der Waals surface area contributed by atoms with Gasteiger partial charge in [0, 0.05) is 23.8 Å². The first kappa shape index (κ1) is 18.0. The molecule has 1 N–H and O–H groups in total. The van der Waals surface area contributed by atoms with Crippen LogP contribution >= 0.6 is 11.6 Å². The van der Waals surface area contributed by atoms with E-state index >= 15 is 0 Å². The molecule has 132 valence electrons. The van der Waals surface area contributed by atoms with Crippen molar-refractivity contribution in [2.75, 3.05) is 18.4 Å². The van der Waals surface area contributed by atoms with Crippen LogP contribution < -0.4 is 5.32 Å². The van der Waals surface area contributed by atoms with Gasteiger partial charge in [0.1, 0.15) is 0 Å². The Balaban J connectivity index is 1.60. The van der Waals surface area contributed by atoms with Gasteiger partial charge in [0.2, 0.25) is 5.91 Å². The number of halogens is 1. The summed E-state index contributed by atoms with van der Waals surface area (Å²) in [5.74, 6) is 0.174. The third kappa shape index (κ3) is 5.07. The van der Waals surface area contributed by atoms with E-state index < -0.39 is 0 Å². The minimum Gasteiger partial charge on any atom is -0.326 e. The van der Waals surface area contributed by atoms with Crippen molar-refractivity contribution < 1.29 is 4.79 Å². The standard InChI is InChI=1S/C21H25ClN2O/c1-15-10-16(2)12-20(11-15)23-21(25)18-4-3-9-24(14-18)13-17-5-7-19(22)8-6-17/h5-8,10-12,18H,3-4,9,13-14H2,1-2H3,(H,23,25). The molecule has 0 aromatic heterocycles. The number of carbonyl (C=O) groups is 1. The minimum absolute atomic E-state index is 0.0434. The van der Waals surface area contributed by atoms with E-state index in [0.29, 0.717) is 0 Å². The predicted octanol–water partition coefficient (Wildman–Crippen LogP) is 4.81. The number of aryl methyl sites for hydroxylation is 2. The van der Waals surface area contributed by atoms with Crippen LogP contribution in [-0.2, 0) is 11.3 Å². The smallest absolute Gasteiger partial charge is 0.228 e. The molecular weight excluding hydrogens is 332 g/mol. The summed E-state index contributed by atoms with van der Waals surface area (Å²) >= 11 is 5.95. The third-order valence-corrected chi connectivity index (χ3v) is 4.94. The SMILES string of the molecule is Cc1cc(C)cc(NC(=O)C2CCCN(Cc3ccc(Cl)cc3)C2)c1. The molecule has 0 radical (unpaired) electrons. The normalized spacial score (nSPS) is 18.1. The maximum Gasteiger partial charge on any atom is 0.228 e. The average molecular weight is 357 g/mol. The molecule has 1 amide bonds. The molecule has 0 aliphatic carbocycles. The average Bonchev–Trinajstić information content (AvgIpc) is 2.56. The predicted molar refractivity (Wildman–Crippen MR) is 104 cm³/mol. The zero-order valence-electron chi connectivity index (χ0n) is 14.9. The number of hydrogen-bond acceptors (Lipinski definition) is 2. The van der Waals surface area contributed by atoms with Crippen LogP contribution in [0.15, 0.2) is 42.5 Å². The first-order chi connectivity index (χ1) is 12.0. The van der Waals surface area contributed by atoms with Crippen molar-refractivity contribution in [3.8, 4) is 0 Å². The Morgan fingerprint density at radius 3 is 2.52 bits per heavy atom. The fraction of sp³-hybridized carbons (Fsp3) is 0.381. The summed E-state index contributed by atoms with van der Waals surface area (Å²) < 4.78 is 0. The van der Waals surface area contributed by atoms with Gasteiger partial charge >= 0.3 is 0 Å². The molecule has 1 fully saturated rings. The van der Waals surface area contributed by atoms with E-state index in [1.807, 2.05) is 24.3 Å². The first-order valence-corrected chi connectivity index (χ1v) is 9.23. The van der Waals surface area contributed by atoms with Crippen LogP contribution in [0.3, 0.4) is 0 Å². The monoisotopic (exact) mass is 356 g/mol. The maximum absolute atomic E-state index is 12.7. The number of nitrogens with one attached hydrogen (secondary N) is 1. The van der Waals surface area contributed by atoms with E-state index in [4.69, 9.17) is 11.6 Å². The number of likely N-dealkylation sites (tertiary alicyclic amines) is 1. The number of benzene rings is 2. The number of piperidine rings is 1. The summed E-state index contributed by atoms with van der Waals surface area (Å²) in [6, 6.07) is 14.1. The highest BCUT2D eigenvalue weighted by Gasteiger charge is 2.25. The van der Waals surface area contributed by atoms with Crippen molar-refractivity contribution >= 4 is 23.2 Å². The molecule has 0 saturated carbocycles. The van der Waals surface area contributed by atoms with Gasteiger partial charge in [-0.25, -0.2) is 0 Å². The summed E-state index contributed by atoms with van der Waals surface area (Å²) in [4.78, 5) is 15.0. The molecule has 3 rings (SSSR count). The van der Waals surface area contributed by atoms with Gasteiger partial charge in [0.25, 0.3) is 0 Å². The van der Waals surface area contributed by atoms with E-state index in [2.05, 4.69) is 42.3 Å². The number of carbonyl (C=O) groups excluding carboxylic acids is 1. The van der Waals surface area contributed by atoms with E-state index in [1.165, 1.54) is 16.7 Å². The Labute approximate surface area is 155 Å². The molecule has 1 aliphatic rings. The molecule has 1 unspecified atom stereocenters. The van der Waals surface area contributed by atoms with Crippen LogP contribution in [0.2, 0.25) is 5.02 Å². The molecule has 3 nitrogen and oxygen atoms in total. The molecule has 4 heteroatoms. The number of rotatable bonds is 4. The molecule has 0 spiro atoms. The van der Waals surface area contributed by atoms with Crippen molar-refractivity contribution in [3.05, 3.63) is 64.2 Å². The number of amides is 1. The highest BCUT2D eigenvalue weighted by Crippen LogP contribution is 2.22. The molecule has 1 saturated heterocycles. The number of hydrogen-bond donors (Lipinski definition) is 1. The highest BCUT2D eigenvalue weighted by atomic mass is 35.5. The Bertz CT molecular complexity index is 722. The summed E-state index contributed by atoms with van der Waals surface area (Å²) in [5.41, 5.74) is 4.48.